The Labute approximate surface area is 153 Å². The van der Waals surface area contributed by atoms with E-state index in [1.807, 2.05) is 24.3 Å². The molecule has 1 aromatic carbocycles. The van der Waals surface area contributed by atoms with Gasteiger partial charge in [0.25, 0.3) is 0 Å². The summed E-state index contributed by atoms with van der Waals surface area (Å²) in [6.45, 7) is 0. The Balaban J connectivity index is 1.35. The zero-order chi connectivity index (χ0) is 17.4. The van der Waals surface area contributed by atoms with Crippen LogP contribution in [0, 0.1) is 23.2 Å². The van der Waals surface area contributed by atoms with E-state index in [1.165, 1.54) is 19.3 Å². The lowest BCUT2D eigenvalue weighted by Crippen LogP contribution is -2.57. The fraction of sp³-hybridized carbons (Fsp3) is 0.579. The highest BCUT2D eigenvalue weighted by Crippen LogP contribution is 2.60. The summed E-state index contributed by atoms with van der Waals surface area (Å²) in [4.78, 5) is 12.9. The molecule has 0 atom stereocenters. The van der Waals surface area contributed by atoms with E-state index in [-0.39, 0.29) is 11.3 Å². The molecule has 0 unspecified atom stereocenters. The number of carbonyl (C=O) groups excluding carboxylic acids is 1. The van der Waals surface area contributed by atoms with Crippen molar-refractivity contribution in [2.24, 2.45) is 23.2 Å². The van der Waals surface area contributed by atoms with Crippen LogP contribution >= 0.6 is 12.2 Å². The molecule has 4 bridgehead atoms. The first-order valence-corrected chi connectivity index (χ1v) is 9.49. The van der Waals surface area contributed by atoms with Gasteiger partial charge < -0.3 is 10.1 Å². The quantitative estimate of drug-likeness (QED) is 0.571. The average molecular weight is 359 g/mol. The maximum atomic E-state index is 12.9. The van der Waals surface area contributed by atoms with Crippen LogP contribution in [0.2, 0.25) is 0 Å². The van der Waals surface area contributed by atoms with E-state index in [2.05, 4.69) is 16.2 Å². The number of nitrogens with one attached hydrogen (secondary N) is 3. The first-order chi connectivity index (χ1) is 12.1. The lowest BCUT2D eigenvalue weighted by atomic mass is 9.49. The Hall–Kier alpha value is -1.82. The minimum absolute atomic E-state index is 0.107. The van der Waals surface area contributed by atoms with Crippen LogP contribution in [0.25, 0.3) is 0 Å². The Bertz CT molecular complexity index is 656. The van der Waals surface area contributed by atoms with Gasteiger partial charge in [-0.25, -0.2) is 0 Å². The summed E-state index contributed by atoms with van der Waals surface area (Å²) in [5.74, 6) is 3.05. The van der Waals surface area contributed by atoms with Crippen LogP contribution in [0.4, 0.5) is 5.69 Å². The average Bonchev–Trinajstić information content (AvgIpc) is 2.59. The summed E-state index contributed by atoms with van der Waals surface area (Å²) in [5.41, 5.74) is 6.33. The molecule has 6 heteroatoms. The number of benzene rings is 1. The first kappa shape index (κ1) is 16.6. The maximum Gasteiger partial charge on any atom is 0.244 e. The Morgan fingerprint density at radius 1 is 1.08 bits per heavy atom. The van der Waals surface area contributed by atoms with E-state index in [0.717, 1.165) is 42.7 Å². The van der Waals surface area contributed by atoms with Crippen molar-refractivity contribution < 1.29 is 9.53 Å². The van der Waals surface area contributed by atoms with Crippen LogP contribution in [-0.2, 0) is 4.79 Å². The monoisotopic (exact) mass is 359 g/mol. The summed E-state index contributed by atoms with van der Waals surface area (Å²) in [5, 5.41) is 3.43. The summed E-state index contributed by atoms with van der Waals surface area (Å²) in [7, 11) is 1.62. The molecule has 5 rings (SSSR count). The van der Waals surface area contributed by atoms with E-state index in [0.29, 0.717) is 10.9 Å². The second-order valence-electron chi connectivity index (χ2n) is 7.93. The lowest BCUT2D eigenvalue weighted by molar-refractivity contribution is -0.146. The predicted molar refractivity (Wildman–Crippen MR) is 101 cm³/mol. The van der Waals surface area contributed by atoms with Crippen molar-refractivity contribution in [3.8, 4) is 5.75 Å². The Morgan fingerprint density at radius 3 is 2.28 bits per heavy atom. The van der Waals surface area contributed by atoms with Gasteiger partial charge in [0.2, 0.25) is 5.91 Å². The number of hydrazine groups is 1. The van der Waals surface area contributed by atoms with Gasteiger partial charge >= 0.3 is 0 Å². The Kier molecular flexibility index (Phi) is 4.31. The van der Waals surface area contributed by atoms with Crippen LogP contribution in [0.15, 0.2) is 24.3 Å². The number of thiocarbonyl (C=S) groups is 1. The van der Waals surface area contributed by atoms with Crippen molar-refractivity contribution in [1.82, 2.24) is 10.9 Å². The van der Waals surface area contributed by atoms with Crippen molar-refractivity contribution in [2.45, 2.75) is 38.5 Å². The summed E-state index contributed by atoms with van der Waals surface area (Å²) < 4.78 is 5.30. The van der Waals surface area contributed by atoms with Gasteiger partial charge in [0.1, 0.15) is 5.75 Å². The molecule has 0 aromatic heterocycles. The van der Waals surface area contributed by atoms with Gasteiger partial charge in [-0.15, -0.1) is 0 Å². The van der Waals surface area contributed by atoms with E-state index in [4.69, 9.17) is 17.0 Å². The number of anilines is 1. The molecule has 4 aliphatic rings. The summed E-state index contributed by atoms with van der Waals surface area (Å²) in [6.07, 6.45) is 7.10. The van der Waals surface area contributed by atoms with Crippen LogP contribution in [0.5, 0.6) is 5.75 Å². The summed E-state index contributed by atoms with van der Waals surface area (Å²) in [6, 6.07) is 7.55. The molecule has 0 heterocycles. The van der Waals surface area contributed by atoms with E-state index in [9.17, 15) is 4.79 Å². The molecule has 4 fully saturated rings. The highest BCUT2D eigenvalue weighted by Gasteiger charge is 2.54. The highest BCUT2D eigenvalue weighted by atomic mass is 32.1. The highest BCUT2D eigenvalue weighted by molar-refractivity contribution is 7.80. The van der Waals surface area contributed by atoms with Gasteiger partial charge in [0.15, 0.2) is 5.11 Å². The Morgan fingerprint density at radius 2 is 1.68 bits per heavy atom. The van der Waals surface area contributed by atoms with Crippen LogP contribution in [-0.4, -0.2) is 18.1 Å². The van der Waals surface area contributed by atoms with Crippen molar-refractivity contribution in [1.29, 1.82) is 0 Å². The van der Waals surface area contributed by atoms with Crippen LogP contribution in [0.1, 0.15) is 38.5 Å². The number of methoxy groups -OCH3 is 1. The van der Waals surface area contributed by atoms with E-state index in [1.54, 1.807) is 7.11 Å². The second-order valence-corrected chi connectivity index (χ2v) is 8.34. The fourth-order valence-electron chi connectivity index (χ4n) is 5.54. The predicted octanol–water partition coefficient (Wildman–Crippen LogP) is 3.23. The molecule has 0 aliphatic heterocycles. The molecule has 1 aromatic rings. The fourth-order valence-corrected chi connectivity index (χ4v) is 5.70. The number of carbonyl (C=O) groups is 1. The minimum atomic E-state index is -0.179. The number of para-hydroxylation sites is 2. The molecule has 4 aliphatic carbocycles. The molecule has 25 heavy (non-hydrogen) atoms. The molecule has 0 saturated heterocycles. The van der Waals surface area contributed by atoms with Gasteiger partial charge in [-0.05, 0) is 80.6 Å². The van der Waals surface area contributed by atoms with Gasteiger partial charge in [-0.2, -0.15) is 0 Å². The molecule has 0 spiro atoms. The number of ether oxygens (including phenoxy) is 1. The number of hydrogen-bond donors (Lipinski definition) is 3. The molecule has 134 valence electrons. The minimum Gasteiger partial charge on any atom is -0.495 e. The zero-order valence-electron chi connectivity index (χ0n) is 14.5. The SMILES string of the molecule is COc1ccccc1NC(=S)NNC(=O)C12CC3CC(CC(C3)C1)C2. The summed E-state index contributed by atoms with van der Waals surface area (Å²) >= 11 is 5.31. The molecule has 3 N–H and O–H groups in total. The molecule has 0 radical (unpaired) electrons. The third-order valence-corrected chi connectivity index (χ3v) is 6.37. The smallest absolute Gasteiger partial charge is 0.244 e. The third-order valence-electron chi connectivity index (χ3n) is 6.16. The van der Waals surface area contributed by atoms with E-state index >= 15 is 0 Å². The van der Waals surface area contributed by atoms with Gasteiger partial charge in [-0.1, -0.05) is 12.1 Å². The second kappa shape index (κ2) is 6.48. The standard InChI is InChI=1S/C19H25N3O2S/c1-24-16-5-3-2-4-15(16)20-18(25)22-21-17(23)19-9-12-6-13(10-19)8-14(7-12)11-19/h2-5,12-14H,6-11H2,1H3,(H,21,23)(H2,20,22,25). The number of hydrogen-bond acceptors (Lipinski definition) is 3. The van der Waals surface area contributed by atoms with E-state index < -0.39 is 0 Å². The van der Waals surface area contributed by atoms with Gasteiger partial charge in [0, 0.05) is 0 Å². The zero-order valence-corrected chi connectivity index (χ0v) is 15.3. The van der Waals surface area contributed by atoms with Crippen molar-refractivity contribution in [3.63, 3.8) is 0 Å². The molecule has 1 amide bonds. The normalized spacial score (nSPS) is 32.1. The van der Waals surface area contributed by atoms with Crippen molar-refractivity contribution in [3.05, 3.63) is 24.3 Å². The maximum absolute atomic E-state index is 12.9. The molecular formula is C19H25N3O2S. The molecular weight excluding hydrogens is 334 g/mol. The topological polar surface area (TPSA) is 62.4 Å². The van der Waals surface area contributed by atoms with Gasteiger partial charge in [-0.3, -0.25) is 15.6 Å². The largest absolute Gasteiger partial charge is 0.495 e. The number of amides is 1. The first-order valence-electron chi connectivity index (χ1n) is 9.08. The van der Waals surface area contributed by atoms with Gasteiger partial charge in [0.05, 0.1) is 18.2 Å². The molecule has 4 saturated carbocycles. The van der Waals surface area contributed by atoms with Crippen LogP contribution in [0.3, 0.4) is 0 Å². The van der Waals surface area contributed by atoms with Crippen molar-refractivity contribution >= 4 is 28.9 Å². The van der Waals surface area contributed by atoms with Crippen LogP contribution < -0.4 is 20.9 Å². The number of rotatable bonds is 3. The lowest BCUT2D eigenvalue weighted by Gasteiger charge is -2.55. The molecule has 5 nitrogen and oxygen atoms in total. The van der Waals surface area contributed by atoms with Crippen molar-refractivity contribution in [2.75, 3.05) is 12.4 Å². The third kappa shape index (κ3) is 3.19.